The molecule has 2 aromatic rings. The summed E-state index contributed by atoms with van der Waals surface area (Å²) < 4.78 is 6.25. The highest BCUT2D eigenvalue weighted by atomic mass is 16.5. The van der Waals surface area contributed by atoms with Gasteiger partial charge in [0.05, 0.1) is 5.69 Å². The molecule has 0 radical (unpaired) electrons. The van der Waals surface area contributed by atoms with Crippen LogP contribution >= 0.6 is 0 Å². The van der Waals surface area contributed by atoms with Crippen molar-refractivity contribution in [3.8, 4) is 5.75 Å². The molecule has 2 atom stereocenters. The zero-order valence-electron chi connectivity index (χ0n) is 12.4. The Kier molecular flexibility index (Phi) is 4.11. The number of rotatable bonds is 3. The number of ether oxygens (including phenoxy) is 1. The summed E-state index contributed by atoms with van der Waals surface area (Å²) in [6.07, 6.45) is 1.19. The number of nitrogen functional groups attached to an aromatic ring is 1. The van der Waals surface area contributed by atoms with E-state index in [1.165, 1.54) is 5.56 Å². The van der Waals surface area contributed by atoms with Gasteiger partial charge in [0.15, 0.2) is 0 Å². The molecule has 2 N–H and O–H groups in total. The molecule has 21 heavy (non-hydrogen) atoms. The molecule has 0 bridgehead atoms. The average molecular weight is 282 g/mol. The lowest BCUT2D eigenvalue weighted by Crippen LogP contribution is -2.42. The standard InChI is InChI=1S/C18H22N2O/c1-20-12-11-17(21-18-10-6-5-9-16(18)19)15(13-20)14-7-3-2-4-8-14/h2-10,15,17H,11-13,19H2,1H3. The number of piperidine rings is 1. The number of benzene rings is 2. The second-order valence-corrected chi connectivity index (χ2v) is 5.76. The molecular weight excluding hydrogens is 260 g/mol. The SMILES string of the molecule is CN1CCC(Oc2ccccc2N)C(c2ccccc2)C1. The Morgan fingerprint density at radius 3 is 2.52 bits per heavy atom. The van der Waals surface area contributed by atoms with Gasteiger partial charge in [-0.1, -0.05) is 42.5 Å². The van der Waals surface area contributed by atoms with E-state index in [0.29, 0.717) is 11.6 Å². The highest BCUT2D eigenvalue weighted by Crippen LogP contribution is 2.32. The summed E-state index contributed by atoms with van der Waals surface area (Å²) in [4.78, 5) is 2.37. The first-order chi connectivity index (χ1) is 10.2. The Labute approximate surface area is 126 Å². The first-order valence-corrected chi connectivity index (χ1v) is 7.48. The molecule has 1 aliphatic heterocycles. The highest BCUT2D eigenvalue weighted by Gasteiger charge is 2.30. The molecule has 1 fully saturated rings. The van der Waals surface area contributed by atoms with E-state index in [2.05, 4.69) is 42.3 Å². The van der Waals surface area contributed by atoms with Crippen LogP contribution in [-0.4, -0.2) is 31.1 Å². The van der Waals surface area contributed by atoms with Gasteiger partial charge in [0, 0.05) is 19.0 Å². The van der Waals surface area contributed by atoms with E-state index in [1.807, 2.05) is 24.3 Å². The van der Waals surface area contributed by atoms with Gasteiger partial charge in [0.25, 0.3) is 0 Å². The monoisotopic (exact) mass is 282 g/mol. The van der Waals surface area contributed by atoms with Crippen LogP contribution in [-0.2, 0) is 0 Å². The number of anilines is 1. The molecule has 0 saturated carbocycles. The summed E-state index contributed by atoms with van der Waals surface area (Å²) in [5.74, 6) is 1.18. The minimum atomic E-state index is 0.174. The number of hydrogen-bond acceptors (Lipinski definition) is 3. The summed E-state index contributed by atoms with van der Waals surface area (Å²) in [5, 5.41) is 0. The Bertz CT molecular complexity index is 585. The molecule has 0 aliphatic carbocycles. The van der Waals surface area contributed by atoms with Crippen LogP contribution in [0.1, 0.15) is 17.9 Å². The van der Waals surface area contributed by atoms with E-state index in [0.717, 1.165) is 25.3 Å². The Balaban J connectivity index is 1.83. The van der Waals surface area contributed by atoms with Gasteiger partial charge in [-0.2, -0.15) is 0 Å². The number of nitrogens with zero attached hydrogens (tertiary/aromatic N) is 1. The lowest BCUT2D eigenvalue weighted by atomic mass is 9.88. The second kappa shape index (κ2) is 6.19. The summed E-state index contributed by atoms with van der Waals surface area (Å²) in [6, 6.07) is 18.4. The van der Waals surface area contributed by atoms with Crippen LogP contribution in [0.3, 0.4) is 0 Å². The lowest BCUT2D eigenvalue weighted by Gasteiger charge is -2.37. The van der Waals surface area contributed by atoms with E-state index in [-0.39, 0.29) is 6.10 Å². The maximum absolute atomic E-state index is 6.25. The predicted octanol–water partition coefficient (Wildman–Crippen LogP) is 3.14. The van der Waals surface area contributed by atoms with Crippen molar-refractivity contribution in [3.63, 3.8) is 0 Å². The molecule has 0 amide bonds. The third-order valence-corrected chi connectivity index (χ3v) is 4.18. The van der Waals surface area contributed by atoms with Gasteiger partial charge in [-0.25, -0.2) is 0 Å². The molecule has 2 unspecified atom stereocenters. The second-order valence-electron chi connectivity index (χ2n) is 5.76. The van der Waals surface area contributed by atoms with Crippen molar-refractivity contribution in [1.82, 2.24) is 4.90 Å². The normalized spacial score (nSPS) is 22.9. The molecule has 3 rings (SSSR count). The minimum Gasteiger partial charge on any atom is -0.488 e. The largest absolute Gasteiger partial charge is 0.488 e. The Hall–Kier alpha value is -2.00. The molecule has 0 aromatic heterocycles. The van der Waals surface area contributed by atoms with Crippen molar-refractivity contribution in [1.29, 1.82) is 0 Å². The molecular formula is C18H22N2O. The fraction of sp³-hybridized carbons (Fsp3) is 0.333. The molecule has 110 valence electrons. The van der Waals surface area contributed by atoms with Crippen LogP contribution in [0.25, 0.3) is 0 Å². The van der Waals surface area contributed by atoms with Crippen molar-refractivity contribution in [2.75, 3.05) is 25.9 Å². The third kappa shape index (κ3) is 3.19. The number of likely N-dealkylation sites (N-methyl/N-ethyl adjacent to an activating group) is 1. The van der Waals surface area contributed by atoms with Crippen LogP contribution in [0.5, 0.6) is 5.75 Å². The van der Waals surface area contributed by atoms with Gasteiger partial charge in [-0.3, -0.25) is 0 Å². The lowest BCUT2D eigenvalue weighted by molar-refractivity contribution is 0.0908. The number of hydrogen-bond donors (Lipinski definition) is 1. The highest BCUT2D eigenvalue weighted by molar-refractivity contribution is 5.52. The van der Waals surface area contributed by atoms with Gasteiger partial charge >= 0.3 is 0 Å². The van der Waals surface area contributed by atoms with E-state index in [4.69, 9.17) is 10.5 Å². The van der Waals surface area contributed by atoms with Crippen LogP contribution in [0.4, 0.5) is 5.69 Å². The van der Waals surface area contributed by atoms with Gasteiger partial charge in [-0.15, -0.1) is 0 Å². The predicted molar refractivity (Wildman–Crippen MR) is 86.6 cm³/mol. The molecule has 2 aromatic carbocycles. The van der Waals surface area contributed by atoms with Crippen LogP contribution in [0, 0.1) is 0 Å². The van der Waals surface area contributed by atoms with Gasteiger partial charge in [-0.05, 0) is 31.2 Å². The van der Waals surface area contributed by atoms with Crippen molar-refractivity contribution < 1.29 is 4.74 Å². The maximum Gasteiger partial charge on any atom is 0.142 e. The molecule has 3 nitrogen and oxygen atoms in total. The number of nitrogens with two attached hydrogens (primary N) is 1. The van der Waals surface area contributed by atoms with Crippen molar-refractivity contribution in [3.05, 3.63) is 60.2 Å². The summed E-state index contributed by atoms with van der Waals surface area (Å²) in [5.41, 5.74) is 8.06. The third-order valence-electron chi connectivity index (χ3n) is 4.18. The van der Waals surface area contributed by atoms with Gasteiger partial charge in [0.1, 0.15) is 11.9 Å². The van der Waals surface area contributed by atoms with Crippen molar-refractivity contribution in [2.24, 2.45) is 0 Å². The fourth-order valence-corrected chi connectivity index (χ4v) is 3.01. The van der Waals surface area contributed by atoms with E-state index in [9.17, 15) is 0 Å². The van der Waals surface area contributed by atoms with Crippen LogP contribution < -0.4 is 10.5 Å². The number of likely N-dealkylation sites (tertiary alicyclic amines) is 1. The maximum atomic E-state index is 6.25. The van der Waals surface area contributed by atoms with Crippen molar-refractivity contribution >= 4 is 5.69 Å². The van der Waals surface area contributed by atoms with Gasteiger partial charge < -0.3 is 15.4 Å². The van der Waals surface area contributed by atoms with E-state index < -0.39 is 0 Å². The molecule has 1 aliphatic rings. The smallest absolute Gasteiger partial charge is 0.142 e. The first kappa shape index (κ1) is 14.0. The Morgan fingerprint density at radius 2 is 1.76 bits per heavy atom. The first-order valence-electron chi connectivity index (χ1n) is 7.48. The Morgan fingerprint density at radius 1 is 1.05 bits per heavy atom. The molecule has 1 saturated heterocycles. The van der Waals surface area contributed by atoms with Crippen LogP contribution in [0.15, 0.2) is 54.6 Å². The van der Waals surface area contributed by atoms with E-state index >= 15 is 0 Å². The fourth-order valence-electron chi connectivity index (χ4n) is 3.01. The quantitative estimate of drug-likeness (QED) is 0.879. The molecule has 0 spiro atoms. The van der Waals surface area contributed by atoms with Crippen LogP contribution in [0.2, 0.25) is 0 Å². The van der Waals surface area contributed by atoms with E-state index in [1.54, 1.807) is 0 Å². The topological polar surface area (TPSA) is 38.5 Å². The summed E-state index contributed by atoms with van der Waals surface area (Å²) in [6.45, 7) is 2.07. The zero-order chi connectivity index (χ0) is 14.7. The number of para-hydroxylation sites is 2. The summed E-state index contributed by atoms with van der Waals surface area (Å²) in [7, 11) is 2.17. The summed E-state index contributed by atoms with van der Waals surface area (Å²) >= 11 is 0. The van der Waals surface area contributed by atoms with Crippen molar-refractivity contribution in [2.45, 2.75) is 18.4 Å². The van der Waals surface area contributed by atoms with Gasteiger partial charge in [0.2, 0.25) is 0 Å². The molecule has 3 heteroatoms. The average Bonchev–Trinajstić information content (AvgIpc) is 2.52. The zero-order valence-corrected chi connectivity index (χ0v) is 12.4. The minimum absolute atomic E-state index is 0.174. The molecule has 1 heterocycles.